The van der Waals surface area contributed by atoms with Crippen LogP contribution < -0.4 is 17.7 Å². The molecule has 0 atom stereocenters. The first-order valence-corrected chi connectivity index (χ1v) is 7.72. The highest BCUT2D eigenvalue weighted by Gasteiger charge is 1.93. The van der Waals surface area contributed by atoms with E-state index in [1.54, 1.807) is 0 Å². The van der Waals surface area contributed by atoms with E-state index in [0.29, 0.717) is 0 Å². The molecule has 0 spiro atoms. The van der Waals surface area contributed by atoms with E-state index in [9.17, 15) is 0 Å². The molecule has 0 amide bonds. The Morgan fingerprint density at radius 3 is 1.83 bits per heavy atom. The zero-order valence-electron chi connectivity index (χ0n) is 12.8. The molecule has 0 aromatic carbocycles. The smallest absolute Gasteiger partial charge is 0.0944 e. The molecular weight excluding hydrogens is 242 g/mol. The van der Waals surface area contributed by atoms with Gasteiger partial charge in [-0.1, -0.05) is 57.4 Å². The highest BCUT2D eigenvalue weighted by molar-refractivity contribution is 4.91. The zero-order valence-corrected chi connectivity index (χ0v) is 13.6. The lowest BCUT2D eigenvalue weighted by molar-refractivity contribution is -0.646. The van der Waals surface area contributed by atoms with Crippen LogP contribution >= 0.6 is 0 Å². The zero-order chi connectivity index (χ0) is 12.8. The molecular formula is C16H34ClN. The molecule has 0 aliphatic heterocycles. The molecule has 0 aromatic heterocycles. The Morgan fingerprint density at radius 2 is 1.33 bits per heavy atom. The van der Waals surface area contributed by atoms with E-state index in [2.05, 4.69) is 32.2 Å². The summed E-state index contributed by atoms with van der Waals surface area (Å²) < 4.78 is 0. The van der Waals surface area contributed by atoms with Crippen molar-refractivity contribution in [2.75, 3.05) is 13.1 Å². The Bertz CT molecular complexity index is 174. The van der Waals surface area contributed by atoms with Gasteiger partial charge >= 0.3 is 0 Å². The predicted octanol–water partition coefficient (Wildman–Crippen LogP) is 1.05. The molecule has 18 heavy (non-hydrogen) atoms. The summed E-state index contributed by atoms with van der Waals surface area (Å²) in [6.07, 6.45) is 15.2. The quantitative estimate of drug-likeness (QED) is 0.405. The van der Waals surface area contributed by atoms with Crippen LogP contribution in [-0.2, 0) is 0 Å². The molecule has 110 valence electrons. The van der Waals surface area contributed by atoms with Crippen molar-refractivity contribution in [1.82, 2.24) is 0 Å². The van der Waals surface area contributed by atoms with Crippen molar-refractivity contribution in [2.45, 2.75) is 78.6 Å². The molecule has 0 aliphatic rings. The van der Waals surface area contributed by atoms with Gasteiger partial charge in [0.05, 0.1) is 13.1 Å². The largest absolute Gasteiger partial charge is 1.00 e. The number of rotatable bonds is 12. The van der Waals surface area contributed by atoms with Crippen molar-refractivity contribution in [2.24, 2.45) is 0 Å². The minimum absolute atomic E-state index is 0. The van der Waals surface area contributed by atoms with E-state index in [1.807, 2.05) is 0 Å². The highest BCUT2D eigenvalue weighted by Crippen LogP contribution is 2.08. The lowest BCUT2D eigenvalue weighted by Crippen LogP contribution is -3.00. The van der Waals surface area contributed by atoms with Gasteiger partial charge in [0.25, 0.3) is 0 Å². The van der Waals surface area contributed by atoms with Crippen LogP contribution in [0.4, 0.5) is 0 Å². The monoisotopic (exact) mass is 275 g/mol. The first-order chi connectivity index (χ1) is 8.27. The number of quaternary nitrogens is 1. The van der Waals surface area contributed by atoms with E-state index >= 15 is 0 Å². The third kappa shape index (κ3) is 18.4. The minimum atomic E-state index is 0. The number of nitrogens with two attached hydrogens (primary N) is 1. The Morgan fingerprint density at radius 1 is 0.833 bits per heavy atom. The van der Waals surface area contributed by atoms with Crippen LogP contribution in [-0.4, -0.2) is 13.1 Å². The van der Waals surface area contributed by atoms with Gasteiger partial charge in [0, 0.05) is 0 Å². The van der Waals surface area contributed by atoms with Crippen molar-refractivity contribution < 1.29 is 17.7 Å². The number of hydrogen-bond acceptors (Lipinski definition) is 0. The summed E-state index contributed by atoms with van der Waals surface area (Å²) in [6.45, 7) is 9.10. The number of hydrogen-bond donors (Lipinski definition) is 1. The SMILES string of the molecule is CCCCCCCCCCC[NH2+]CC=C(C)C.[Cl-]. The molecule has 0 saturated heterocycles. The van der Waals surface area contributed by atoms with E-state index in [1.165, 1.54) is 76.5 Å². The van der Waals surface area contributed by atoms with Gasteiger partial charge in [-0.25, -0.2) is 0 Å². The molecule has 0 fully saturated rings. The Balaban J connectivity index is 0. The fourth-order valence-electron chi connectivity index (χ4n) is 2.04. The fourth-order valence-corrected chi connectivity index (χ4v) is 2.04. The Labute approximate surface area is 121 Å². The van der Waals surface area contributed by atoms with Crippen molar-refractivity contribution >= 4 is 0 Å². The summed E-state index contributed by atoms with van der Waals surface area (Å²) in [5, 5.41) is 2.42. The van der Waals surface area contributed by atoms with Crippen LogP contribution in [0.5, 0.6) is 0 Å². The summed E-state index contributed by atoms with van der Waals surface area (Å²) in [6, 6.07) is 0. The summed E-state index contributed by atoms with van der Waals surface area (Å²) in [4.78, 5) is 0. The topological polar surface area (TPSA) is 16.6 Å². The third-order valence-corrected chi connectivity index (χ3v) is 3.20. The van der Waals surface area contributed by atoms with Gasteiger partial charge in [-0.3, -0.25) is 0 Å². The summed E-state index contributed by atoms with van der Waals surface area (Å²) in [5.74, 6) is 0. The molecule has 0 heterocycles. The average molecular weight is 276 g/mol. The van der Waals surface area contributed by atoms with Crippen LogP contribution in [0.15, 0.2) is 11.6 Å². The minimum Gasteiger partial charge on any atom is -1.00 e. The van der Waals surface area contributed by atoms with Crippen molar-refractivity contribution in [3.8, 4) is 0 Å². The molecule has 2 N–H and O–H groups in total. The van der Waals surface area contributed by atoms with Gasteiger partial charge in [-0.15, -0.1) is 0 Å². The summed E-state index contributed by atoms with van der Waals surface area (Å²) >= 11 is 0. The molecule has 1 nitrogen and oxygen atoms in total. The van der Waals surface area contributed by atoms with Crippen molar-refractivity contribution in [1.29, 1.82) is 0 Å². The van der Waals surface area contributed by atoms with Gasteiger partial charge < -0.3 is 17.7 Å². The normalized spacial score (nSPS) is 9.94. The van der Waals surface area contributed by atoms with E-state index < -0.39 is 0 Å². The number of unbranched alkanes of at least 4 members (excludes halogenated alkanes) is 8. The standard InChI is InChI=1S/C16H33N.ClH/c1-4-5-6-7-8-9-10-11-12-14-17-15-13-16(2)3;/h13,17H,4-12,14-15H2,1-3H3;1H. The lowest BCUT2D eigenvalue weighted by Gasteiger charge is -2.01. The van der Waals surface area contributed by atoms with Gasteiger partial charge in [-0.2, -0.15) is 0 Å². The van der Waals surface area contributed by atoms with E-state index in [0.717, 1.165) is 0 Å². The highest BCUT2D eigenvalue weighted by atomic mass is 35.5. The van der Waals surface area contributed by atoms with Crippen LogP contribution in [0.25, 0.3) is 0 Å². The molecule has 0 bridgehead atoms. The molecule has 2 heteroatoms. The van der Waals surface area contributed by atoms with Gasteiger partial charge in [-0.05, 0) is 32.8 Å². The first-order valence-electron chi connectivity index (χ1n) is 7.72. The predicted molar refractivity (Wildman–Crippen MR) is 78.3 cm³/mol. The summed E-state index contributed by atoms with van der Waals surface area (Å²) in [5.41, 5.74) is 1.44. The Kier molecular flexibility index (Phi) is 19.2. The summed E-state index contributed by atoms with van der Waals surface area (Å²) in [7, 11) is 0. The molecule has 0 rings (SSSR count). The first kappa shape index (κ1) is 20.3. The third-order valence-electron chi connectivity index (χ3n) is 3.20. The molecule has 0 aliphatic carbocycles. The van der Waals surface area contributed by atoms with Crippen molar-refractivity contribution in [3.63, 3.8) is 0 Å². The second-order valence-corrected chi connectivity index (χ2v) is 5.42. The van der Waals surface area contributed by atoms with Crippen LogP contribution in [0.1, 0.15) is 78.6 Å². The van der Waals surface area contributed by atoms with Crippen LogP contribution in [0.2, 0.25) is 0 Å². The second kappa shape index (κ2) is 17.0. The maximum absolute atomic E-state index is 2.42. The molecule has 0 aromatic rings. The van der Waals surface area contributed by atoms with Crippen LogP contribution in [0.3, 0.4) is 0 Å². The number of halogens is 1. The molecule has 0 unspecified atom stereocenters. The van der Waals surface area contributed by atoms with E-state index in [4.69, 9.17) is 0 Å². The van der Waals surface area contributed by atoms with Crippen LogP contribution in [0, 0.1) is 0 Å². The van der Waals surface area contributed by atoms with Gasteiger partial charge in [0.2, 0.25) is 0 Å². The second-order valence-electron chi connectivity index (χ2n) is 5.42. The van der Waals surface area contributed by atoms with Gasteiger partial charge in [0.1, 0.15) is 0 Å². The fraction of sp³-hybridized carbons (Fsp3) is 0.875. The molecule has 0 saturated carbocycles. The average Bonchev–Trinajstić information content (AvgIpc) is 2.30. The molecule has 0 radical (unpaired) electrons. The van der Waals surface area contributed by atoms with Crippen molar-refractivity contribution in [3.05, 3.63) is 11.6 Å². The maximum Gasteiger partial charge on any atom is 0.0944 e. The van der Waals surface area contributed by atoms with E-state index in [-0.39, 0.29) is 12.4 Å². The van der Waals surface area contributed by atoms with Gasteiger partial charge in [0.15, 0.2) is 0 Å². The number of allylic oxidation sites excluding steroid dienone is 1. The Hall–Kier alpha value is -0.0100. The lowest BCUT2D eigenvalue weighted by atomic mass is 10.1. The maximum atomic E-state index is 2.42.